The first-order valence-electron chi connectivity index (χ1n) is 17.4. The van der Waals surface area contributed by atoms with Crippen LogP contribution in [0.25, 0.3) is 66.1 Å². The summed E-state index contributed by atoms with van der Waals surface area (Å²) in [6.45, 7) is 4.15. The molecule has 0 fully saturated rings. The van der Waals surface area contributed by atoms with Crippen LogP contribution in [-0.4, -0.2) is 38.3 Å². The van der Waals surface area contributed by atoms with E-state index >= 15 is 0 Å². The third kappa shape index (κ3) is 6.37. The lowest BCUT2D eigenvalue weighted by molar-refractivity contribution is 0.627. The highest BCUT2D eigenvalue weighted by Gasteiger charge is 2.12. The van der Waals surface area contributed by atoms with Crippen molar-refractivity contribution in [3.8, 4) is 22.5 Å². The fraction of sp³-hybridized carbons (Fsp3) is 0.0217. The number of aromatic nitrogens is 4. The van der Waals surface area contributed by atoms with Crippen molar-refractivity contribution >= 4 is 62.0 Å². The van der Waals surface area contributed by atoms with Crippen molar-refractivity contribution in [1.82, 2.24) is 19.9 Å². The van der Waals surface area contributed by atoms with Gasteiger partial charge in [0.2, 0.25) is 0 Å². The van der Waals surface area contributed by atoms with Crippen LogP contribution in [0, 0.1) is 5.82 Å². The van der Waals surface area contributed by atoms with Crippen molar-refractivity contribution in [2.24, 2.45) is 15.0 Å². The Labute approximate surface area is 310 Å². The van der Waals surface area contributed by atoms with Gasteiger partial charge < -0.3 is 0 Å². The summed E-state index contributed by atoms with van der Waals surface area (Å²) in [6.07, 6.45) is 3.58. The summed E-state index contributed by atoms with van der Waals surface area (Å²) in [5.41, 5.74) is 9.43. The van der Waals surface area contributed by atoms with Crippen molar-refractivity contribution in [2.45, 2.75) is 6.54 Å². The number of benzene rings is 5. The van der Waals surface area contributed by atoms with E-state index in [-0.39, 0.29) is 5.82 Å². The monoisotopic (exact) mass is 699 g/mol. The molecular weight excluding hydrogens is 670 g/mol. The molecule has 256 valence electrons. The predicted octanol–water partition coefficient (Wildman–Crippen LogP) is 10.4. The molecule has 54 heavy (non-hydrogen) atoms. The Morgan fingerprint density at radius 2 is 0.963 bits per heavy atom. The molecule has 4 heterocycles. The van der Waals surface area contributed by atoms with E-state index in [0.717, 1.165) is 82.8 Å². The highest BCUT2D eigenvalue weighted by molar-refractivity contribution is 6.13. The number of halogens is 1. The molecule has 9 aromatic rings. The molecule has 0 aliphatic rings. The molecule has 0 amide bonds. The van der Waals surface area contributed by atoms with Crippen LogP contribution in [0.4, 0.5) is 4.39 Å². The van der Waals surface area contributed by atoms with E-state index < -0.39 is 0 Å². The zero-order chi connectivity index (χ0) is 36.4. The Morgan fingerprint density at radius 1 is 0.500 bits per heavy atom. The van der Waals surface area contributed by atoms with Crippen molar-refractivity contribution in [3.05, 3.63) is 180 Å². The van der Waals surface area contributed by atoms with E-state index in [0.29, 0.717) is 18.2 Å². The minimum atomic E-state index is -0.298. The Morgan fingerprint density at radius 3 is 1.46 bits per heavy atom. The molecule has 0 aliphatic carbocycles. The van der Waals surface area contributed by atoms with Gasteiger partial charge in [0.1, 0.15) is 5.82 Å². The summed E-state index contributed by atoms with van der Waals surface area (Å²) in [7, 11) is 0. The fourth-order valence-corrected chi connectivity index (χ4v) is 6.59. The fourth-order valence-electron chi connectivity index (χ4n) is 6.59. The number of hydrogen-bond donors (Lipinski definition) is 0. The van der Waals surface area contributed by atoms with Crippen LogP contribution in [0.2, 0.25) is 0 Å². The Bertz CT molecular complexity index is 2920. The number of amidine groups is 2. The van der Waals surface area contributed by atoms with Crippen molar-refractivity contribution in [2.75, 3.05) is 0 Å². The minimum absolute atomic E-state index is 0.298. The quantitative estimate of drug-likeness (QED) is 0.0982. The smallest absolute Gasteiger partial charge is 0.161 e. The third-order valence-corrected chi connectivity index (χ3v) is 9.43. The van der Waals surface area contributed by atoms with Gasteiger partial charge in [-0.25, -0.2) is 24.3 Å². The van der Waals surface area contributed by atoms with Crippen LogP contribution >= 0.6 is 0 Å². The van der Waals surface area contributed by atoms with Gasteiger partial charge in [-0.1, -0.05) is 109 Å². The highest BCUT2D eigenvalue weighted by atomic mass is 19.1. The standard InChI is InChI=1S/C46H30FN7/c1-48-45(36-16-8-30(9-17-36)39-24-20-34-14-12-32-4-2-26-49-41(32)43(34)52-39)54-46(51-28-29-6-22-38(47)23-7-29)37-18-10-31(11-19-37)40-25-21-35-15-13-33-5-3-27-50-42(33)44(35)53-40/h2-27H,1,28H2. The number of pyridine rings is 4. The number of nitrogens with zero attached hydrogens (tertiary/aromatic N) is 7. The summed E-state index contributed by atoms with van der Waals surface area (Å²) < 4.78 is 13.7. The number of aliphatic imine (C=N–C) groups is 3. The number of rotatable bonds is 6. The molecule has 0 aliphatic heterocycles. The zero-order valence-corrected chi connectivity index (χ0v) is 28.9. The average Bonchev–Trinajstić information content (AvgIpc) is 3.24. The number of hydrogen-bond acceptors (Lipinski definition) is 5. The molecule has 0 atom stereocenters. The summed E-state index contributed by atoms with van der Waals surface area (Å²) in [5, 5.41) is 4.16. The first-order chi connectivity index (χ1) is 26.6. The van der Waals surface area contributed by atoms with E-state index in [2.05, 4.69) is 58.1 Å². The Hall–Kier alpha value is -7.32. The third-order valence-electron chi connectivity index (χ3n) is 9.43. The van der Waals surface area contributed by atoms with Crippen LogP contribution in [0.15, 0.2) is 173 Å². The minimum Gasteiger partial charge on any atom is -0.261 e. The SMILES string of the molecule is C=NC(=NC(=NCc1ccc(F)cc1)c1ccc(-c2ccc3ccc4cccnc4c3n2)cc1)c1ccc(-c2ccc3ccc4cccnc4c3n2)cc1. The van der Waals surface area contributed by atoms with E-state index in [9.17, 15) is 4.39 Å². The summed E-state index contributed by atoms with van der Waals surface area (Å²) in [5.74, 6) is 0.587. The van der Waals surface area contributed by atoms with Gasteiger partial charge in [-0.05, 0) is 48.7 Å². The van der Waals surface area contributed by atoms with E-state index in [1.807, 2.05) is 84.9 Å². The van der Waals surface area contributed by atoms with Gasteiger partial charge in [0.25, 0.3) is 0 Å². The molecular formula is C46H30FN7. The molecule has 4 aromatic heterocycles. The highest BCUT2D eigenvalue weighted by Crippen LogP contribution is 2.28. The van der Waals surface area contributed by atoms with Crippen LogP contribution in [0.3, 0.4) is 0 Å². The van der Waals surface area contributed by atoms with Crippen molar-refractivity contribution in [1.29, 1.82) is 0 Å². The largest absolute Gasteiger partial charge is 0.261 e. The van der Waals surface area contributed by atoms with Crippen LogP contribution < -0.4 is 0 Å². The lowest BCUT2D eigenvalue weighted by Crippen LogP contribution is -2.06. The van der Waals surface area contributed by atoms with E-state index in [4.69, 9.17) is 20.0 Å². The van der Waals surface area contributed by atoms with Gasteiger partial charge in [0.05, 0.1) is 40.0 Å². The molecule has 0 unspecified atom stereocenters. The second-order valence-corrected chi connectivity index (χ2v) is 12.8. The maximum atomic E-state index is 13.7. The molecule has 5 aromatic carbocycles. The normalized spacial score (nSPS) is 12.2. The molecule has 0 saturated carbocycles. The number of fused-ring (bicyclic) bond motifs is 6. The van der Waals surface area contributed by atoms with Crippen molar-refractivity contribution < 1.29 is 4.39 Å². The second-order valence-electron chi connectivity index (χ2n) is 12.8. The molecule has 0 saturated heterocycles. The topological polar surface area (TPSA) is 88.6 Å². The van der Waals surface area contributed by atoms with Gasteiger partial charge in [-0.3, -0.25) is 15.0 Å². The molecule has 8 heteroatoms. The van der Waals surface area contributed by atoms with Gasteiger partial charge in [-0.15, -0.1) is 0 Å². The first-order valence-corrected chi connectivity index (χ1v) is 17.4. The lowest BCUT2D eigenvalue weighted by atomic mass is 10.0. The Balaban J connectivity index is 1.05. The molecule has 0 spiro atoms. The predicted molar refractivity (Wildman–Crippen MR) is 218 cm³/mol. The van der Waals surface area contributed by atoms with Gasteiger partial charge >= 0.3 is 0 Å². The Kier molecular flexibility index (Phi) is 8.45. The molecule has 9 rings (SSSR count). The molecule has 0 N–H and O–H groups in total. The van der Waals surface area contributed by atoms with Crippen LogP contribution in [-0.2, 0) is 6.54 Å². The second kappa shape index (κ2) is 14.0. The van der Waals surface area contributed by atoms with Gasteiger partial charge in [-0.2, -0.15) is 0 Å². The molecule has 7 nitrogen and oxygen atoms in total. The van der Waals surface area contributed by atoms with Crippen LogP contribution in [0.5, 0.6) is 0 Å². The maximum Gasteiger partial charge on any atom is 0.161 e. The molecule has 0 bridgehead atoms. The van der Waals surface area contributed by atoms with Gasteiger partial charge in [0, 0.05) is 56.2 Å². The molecule has 0 radical (unpaired) electrons. The van der Waals surface area contributed by atoms with Gasteiger partial charge in [0.15, 0.2) is 11.7 Å². The van der Waals surface area contributed by atoms with E-state index in [1.165, 1.54) is 12.1 Å². The summed E-state index contributed by atoms with van der Waals surface area (Å²) in [4.78, 5) is 33.3. The summed E-state index contributed by atoms with van der Waals surface area (Å²) in [6, 6.07) is 46.6. The maximum absolute atomic E-state index is 13.7. The zero-order valence-electron chi connectivity index (χ0n) is 28.9. The lowest BCUT2D eigenvalue weighted by Gasteiger charge is -2.09. The van der Waals surface area contributed by atoms with E-state index in [1.54, 1.807) is 24.5 Å². The average molecular weight is 700 g/mol. The van der Waals surface area contributed by atoms with Crippen LogP contribution in [0.1, 0.15) is 16.7 Å². The van der Waals surface area contributed by atoms with Crippen molar-refractivity contribution in [3.63, 3.8) is 0 Å². The first kappa shape index (κ1) is 32.6. The summed E-state index contributed by atoms with van der Waals surface area (Å²) >= 11 is 0.